The van der Waals surface area contributed by atoms with Crippen molar-refractivity contribution in [2.24, 2.45) is 5.92 Å². The van der Waals surface area contributed by atoms with Gasteiger partial charge in [-0.2, -0.15) is 0 Å². The fraction of sp³-hybridized carbons (Fsp3) is 0.571. The number of aliphatic hydroxyl groups is 1. The minimum Gasteiger partial charge on any atom is -0.389 e. The van der Waals surface area contributed by atoms with Crippen LogP contribution in [-0.4, -0.2) is 31.9 Å². The standard InChI is InChI=1S/C14H20FNO2/c1-10(17)12-4-3-5-13(15)14(12)16-7-6-11(8-16)9-18-2/h3-5,10-11,17H,6-9H2,1-2H3/t10-,11?/m0/s1. The first kappa shape index (κ1) is 13.3. The molecule has 100 valence electrons. The maximum absolute atomic E-state index is 14.0. The number of para-hydroxylation sites is 1. The van der Waals surface area contributed by atoms with E-state index in [2.05, 4.69) is 0 Å². The van der Waals surface area contributed by atoms with Crippen molar-refractivity contribution in [2.45, 2.75) is 19.4 Å². The number of anilines is 1. The highest BCUT2D eigenvalue weighted by Gasteiger charge is 2.27. The zero-order chi connectivity index (χ0) is 13.1. The normalized spacial score (nSPS) is 21.3. The smallest absolute Gasteiger partial charge is 0.146 e. The van der Waals surface area contributed by atoms with Crippen molar-refractivity contribution in [3.05, 3.63) is 29.6 Å². The van der Waals surface area contributed by atoms with Crippen LogP contribution in [0.25, 0.3) is 0 Å². The van der Waals surface area contributed by atoms with Gasteiger partial charge in [0.25, 0.3) is 0 Å². The number of rotatable bonds is 4. The molecule has 0 bridgehead atoms. The van der Waals surface area contributed by atoms with Gasteiger partial charge in [-0.05, 0) is 19.4 Å². The summed E-state index contributed by atoms with van der Waals surface area (Å²) >= 11 is 0. The number of hydrogen-bond acceptors (Lipinski definition) is 3. The Kier molecular flexibility index (Phi) is 4.19. The van der Waals surface area contributed by atoms with Gasteiger partial charge >= 0.3 is 0 Å². The quantitative estimate of drug-likeness (QED) is 0.894. The molecule has 18 heavy (non-hydrogen) atoms. The summed E-state index contributed by atoms with van der Waals surface area (Å²) in [6.07, 6.45) is 0.346. The number of nitrogens with zero attached hydrogens (tertiary/aromatic N) is 1. The average Bonchev–Trinajstić information content (AvgIpc) is 2.77. The summed E-state index contributed by atoms with van der Waals surface area (Å²) in [6.45, 7) is 3.97. The molecule has 1 aromatic rings. The number of benzene rings is 1. The van der Waals surface area contributed by atoms with Crippen LogP contribution < -0.4 is 4.90 Å². The van der Waals surface area contributed by atoms with Gasteiger partial charge in [-0.15, -0.1) is 0 Å². The molecule has 0 amide bonds. The van der Waals surface area contributed by atoms with Gasteiger partial charge in [0.15, 0.2) is 0 Å². The molecule has 1 N–H and O–H groups in total. The lowest BCUT2D eigenvalue weighted by atomic mass is 10.1. The zero-order valence-electron chi connectivity index (χ0n) is 10.9. The van der Waals surface area contributed by atoms with Gasteiger partial charge in [0.05, 0.1) is 18.4 Å². The molecule has 2 atom stereocenters. The van der Waals surface area contributed by atoms with Gasteiger partial charge in [0.1, 0.15) is 5.82 Å². The molecule has 1 aliphatic rings. The SMILES string of the molecule is COCC1CCN(c2c(F)cccc2[C@H](C)O)C1. The second kappa shape index (κ2) is 5.67. The Morgan fingerprint density at radius 3 is 3.00 bits per heavy atom. The molecule has 0 aromatic heterocycles. The van der Waals surface area contributed by atoms with Gasteiger partial charge in [0, 0.05) is 31.7 Å². The lowest BCUT2D eigenvalue weighted by Gasteiger charge is -2.24. The molecule has 4 heteroatoms. The molecule has 1 unspecified atom stereocenters. The van der Waals surface area contributed by atoms with Gasteiger partial charge in [0.2, 0.25) is 0 Å². The summed E-state index contributed by atoms with van der Waals surface area (Å²) in [5.41, 5.74) is 1.21. The van der Waals surface area contributed by atoms with Gasteiger partial charge in [-0.1, -0.05) is 12.1 Å². The third-order valence-electron chi connectivity index (χ3n) is 3.47. The van der Waals surface area contributed by atoms with E-state index in [1.54, 1.807) is 26.2 Å². The molecule has 1 aromatic carbocycles. The summed E-state index contributed by atoms with van der Waals surface area (Å²) in [7, 11) is 1.69. The minimum absolute atomic E-state index is 0.258. The summed E-state index contributed by atoms with van der Waals surface area (Å²) in [5.74, 6) is 0.183. The topological polar surface area (TPSA) is 32.7 Å². The van der Waals surface area contributed by atoms with Crippen LogP contribution in [0.1, 0.15) is 25.0 Å². The molecule has 0 radical (unpaired) electrons. The summed E-state index contributed by atoms with van der Waals surface area (Å²) in [6, 6.07) is 4.88. The fourth-order valence-corrected chi connectivity index (χ4v) is 2.61. The highest BCUT2D eigenvalue weighted by atomic mass is 19.1. The predicted octanol–water partition coefficient (Wildman–Crippen LogP) is 2.35. The van der Waals surface area contributed by atoms with Crippen LogP contribution in [0.15, 0.2) is 18.2 Å². The Morgan fingerprint density at radius 2 is 2.33 bits per heavy atom. The van der Waals surface area contributed by atoms with Crippen molar-refractivity contribution in [1.29, 1.82) is 0 Å². The molecule has 1 fully saturated rings. The van der Waals surface area contributed by atoms with E-state index in [1.807, 2.05) is 4.90 Å². The third-order valence-corrected chi connectivity index (χ3v) is 3.47. The van der Waals surface area contributed by atoms with E-state index in [0.717, 1.165) is 19.5 Å². The maximum atomic E-state index is 14.0. The van der Waals surface area contributed by atoms with Crippen LogP contribution in [0, 0.1) is 11.7 Å². The molecule has 0 aliphatic carbocycles. The summed E-state index contributed by atoms with van der Waals surface area (Å²) < 4.78 is 19.1. The Balaban J connectivity index is 2.23. The van der Waals surface area contributed by atoms with Crippen molar-refractivity contribution in [2.75, 3.05) is 31.7 Å². The number of methoxy groups -OCH3 is 1. The molecule has 1 heterocycles. The first-order valence-electron chi connectivity index (χ1n) is 6.33. The second-order valence-corrected chi connectivity index (χ2v) is 4.91. The largest absolute Gasteiger partial charge is 0.389 e. The summed E-state index contributed by atoms with van der Waals surface area (Å²) in [4.78, 5) is 2.01. The van der Waals surface area contributed by atoms with Crippen LogP contribution >= 0.6 is 0 Å². The molecular formula is C14H20FNO2. The number of aliphatic hydroxyl groups excluding tert-OH is 1. The van der Waals surface area contributed by atoms with Crippen LogP contribution in [-0.2, 0) is 4.74 Å². The van der Waals surface area contributed by atoms with E-state index in [1.165, 1.54) is 6.07 Å². The highest BCUT2D eigenvalue weighted by molar-refractivity contribution is 5.56. The lowest BCUT2D eigenvalue weighted by molar-refractivity contribution is 0.160. The van der Waals surface area contributed by atoms with Crippen LogP contribution in [0.5, 0.6) is 0 Å². The Labute approximate surface area is 107 Å². The zero-order valence-corrected chi connectivity index (χ0v) is 10.9. The molecule has 2 rings (SSSR count). The molecule has 0 saturated carbocycles. The van der Waals surface area contributed by atoms with E-state index in [9.17, 15) is 9.50 Å². The van der Waals surface area contributed by atoms with E-state index in [-0.39, 0.29) is 5.82 Å². The lowest BCUT2D eigenvalue weighted by Crippen LogP contribution is -2.23. The van der Waals surface area contributed by atoms with E-state index in [0.29, 0.717) is 23.8 Å². The van der Waals surface area contributed by atoms with Crippen molar-refractivity contribution in [3.63, 3.8) is 0 Å². The average molecular weight is 253 g/mol. The molecule has 1 aliphatic heterocycles. The molecule has 0 spiro atoms. The third kappa shape index (κ3) is 2.65. The van der Waals surface area contributed by atoms with Crippen molar-refractivity contribution in [3.8, 4) is 0 Å². The Hall–Kier alpha value is -1.13. The second-order valence-electron chi connectivity index (χ2n) is 4.91. The fourth-order valence-electron chi connectivity index (χ4n) is 2.61. The maximum Gasteiger partial charge on any atom is 0.146 e. The van der Waals surface area contributed by atoms with Crippen LogP contribution in [0.2, 0.25) is 0 Å². The highest BCUT2D eigenvalue weighted by Crippen LogP contribution is 2.33. The van der Waals surface area contributed by atoms with Crippen LogP contribution in [0.3, 0.4) is 0 Å². The molecule has 1 saturated heterocycles. The van der Waals surface area contributed by atoms with Gasteiger partial charge in [-0.3, -0.25) is 0 Å². The number of hydrogen-bond donors (Lipinski definition) is 1. The Bertz CT molecular complexity index is 409. The van der Waals surface area contributed by atoms with E-state index < -0.39 is 6.10 Å². The van der Waals surface area contributed by atoms with E-state index >= 15 is 0 Å². The first-order chi connectivity index (χ1) is 8.63. The predicted molar refractivity (Wildman–Crippen MR) is 69.2 cm³/mol. The molecule has 3 nitrogen and oxygen atoms in total. The van der Waals surface area contributed by atoms with Crippen LogP contribution in [0.4, 0.5) is 10.1 Å². The number of halogens is 1. The Morgan fingerprint density at radius 1 is 1.56 bits per heavy atom. The van der Waals surface area contributed by atoms with Crippen molar-refractivity contribution >= 4 is 5.69 Å². The monoisotopic (exact) mass is 253 g/mol. The minimum atomic E-state index is -0.655. The first-order valence-corrected chi connectivity index (χ1v) is 6.33. The van der Waals surface area contributed by atoms with Gasteiger partial charge < -0.3 is 14.7 Å². The van der Waals surface area contributed by atoms with Crippen molar-refractivity contribution < 1.29 is 14.2 Å². The van der Waals surface area contributed by atoms with Gasteiger partial charge in [-0.25, -0.2) is 4.39 Å². The number of ether oxygens (including phenoxy) is 1. The molecular weight excluding hydrogens is 233 g/mol. The van der Waals surface area contributed by atoms with E-state index in [4.69, 9.17) is 4.74 Å². The van der Waals surface area contributed by atoms with Crippen molar-refractivity contribution in [1.82, 2.24) is 0 Å². The summed E-state index contributed by atoms with van der Waals surface area (Å²) in [5, 5.41) is 9.74.